The van der Waals surface area contributed by atoms with Crippen molar-refractivity contribution in [3.8, 4) is 12.1 Å². The van der Waals surface area contributed by atoms with Crippen LogP contribution in [-0.2, 0) is 4.79 Å². The van der Waals surface area contributed by atoms with Gasteiger partial charge in [0.1, 0.15) is 5.78 Å². The number of ketones is 1. The maximum absolute atomic E-state index is 9.81. The van der Waals surface area contributed by atoms with E-state index in [0.717, 1.165) is 25.7 Å². The van der Waals surface area contributed by atoms with Crippen LogP contribution in [0.2, 0.25) is 0 Å². The SMILES string of the molecule is CC(C)CCC(C#N)N=NC(C#N)CCC(C)C.CCC(C)=O. The van der Waals surface area contributed by atoms with Crippen LogP contribution in [0.3, 0.4) is 0 Å². The summed E-state index contributed by atoms with van der Waals surface area (Å²) in [6, 6.07) is 3.46. The Bertz CT molecular complexity index is 384. The molecule has 130 valence electrons. The van der Waals surface area contributed by atoms with E-state index in [-0.39, 0.29) is 5.78 Å². The fourth-order valence-corrected chi connectivity index (χ4v) is 1.44. The van der Waals surface area contributed by atoms with Crippen molar-refractivity contribution in [1.29, 1.82) is 10.5 Å². The Balaban J connectivity index is 0. The zero-order valence-corrected chi connectivity index (χ0v) is 15.5. The maximum Gasteiger partial charge on any atom is 0.157 e. The average Bonchev–Trinajstić information content (AvgIpc) is 2.50. The Labute approximate surface area is 141 Å². The summed E-state index contributed by atoms with van der Waals surface area (Å²) in [4.78, 5) is 9.81. The molecule has 0 aliphatic heterocycles. The van der Waals surface area contributed by atoms with Crippen molar-refractivity contribution in [3.05, 3.63) is 0 Å². The van der Waals surface area contributed by atoms with Gasteiger partial charge in [0.15, 0.2) is 12.1 Å². The van der Waals surface area contributed by atoms with Gasteiger partial charge in [-0.25, -0.2) is 0 Å². The molecule has 0 radical (unpaired) electrons. The smallest absolute Gasteiger partial charge is 0.157 e. The Morgan fingerprint density at radius 1 is 0.870 bits per heavy atom. The monoisotopic (exact) mass is 320 g/mol. The highest BCUT2D eigenvalue weighted by atomic mass is 16.1. The van der Waals surface area contributed by atoms with E-state index in [2.05, 4.69) is 50.1 Å². The summed E-state index contributed by atoms with van der Waals surface area (Å²) in [5.41, 5.74) is 0. The van der Waals surface area contributed by atoms with Crippen molar-refractivity contribution in [2.75, 3.05) is 0 Å². The van der Waals surface area contributed by atoms with Crippen LogP contribution in [0.1, 0.15) is 73.6 Å². The van der Waals surface area contributed by atoms with Gasteiger partial charge in [0, 0.05) is 6.42 Å². The topological polar surface area (TPSA) is 89.4 Å². The van der Waals surface area contributed by atoms with E-state index in [0.29, 0.717) is 18.3 Å². The lowest BCUT2D eigenvalue weighted by Crippen LogP contribution is -2.06. The molecule has 0 aliphatic carbocycles. The minimum atomic E-state index is -0.401. The van der Waals surface area contributed by atoms with Crippen molar-refractivity contribution < 1.29 is 4.79 Å². The summed E-state index contributed by atoms with van der Waals surface area (Å²) < 4.78 is 0. The number of azo groups is 1. The van der Waals surface area contributed by atoms with Crippen LogP contribution < -0.4 is 0 Å². The van der Waals surface area contributed by atoms with Gasteiger partial charge in [-0.05, 0) is 44.4 Å². The summed E-state index contributed by atoms with van der Waals surface area (Å²) in [6.45, 7) is 11.9. The first-order valence-corrected chi connectivity index (χ1v) is 8.45. The predicted octanol–water partition coefficient (Wildman–Crippen LogP) is 5.08. The summed E-state index contributed by atoms with van der Waals surface area (Å²) >= 11 is 0. The van der Waals surface area contributed by atoms with E-state index >= 15 is 0 Å². The molecule has 0 saturated heterocycles. The van der Waals surface area contributed by atoms with E-state index < -0.39 is 12.1 Å². The number of carbonyl (C=O) groups is 1. The van der Waals surface area contributed by atoms with Crippen molar-refractivity contribution in [1.82, 2.24) is 0 Å². The number of nitrogens with zero attached hydrogens (tertiary/aromatic N) is 4. The van der Waals surface area contributed by atoms with Crippen LogP contribution in [0.5, 0.6) is 0 Å². The third kappa shape index (κ3) is 18.2. The lowest BCUT2D eigenvalue weighted by molar-refractivity contribution is -0.116. The quantitative estimate of drug-likeness (QED) is 0.555. The highest BCUT2D eigenvalue weighted by molar-refractivity contribution is 5.74. The minimum absolute atomic E-state index is 0.255. The zero-order valence-electron chi connectivity index (χ0n) is 15.5. The summed E-state index contributed by atoms with van der Waals surface area (Å²) in [5, 5.41) is 25.9. The minimum Gasteiger partial charge on any atom is -0.300 e. The summed E-state index contributed by atoms with van der Waals surface area (Å²) in [5.74, 6) is 1.37. The number of hydrogen-bond acceptors (Lipinski definition) is 5. The standard InChI is InChI=1S/C14H24N4.C4H8O/c1-11(2)5-7-13(9-15)17-18-14(10-16)8-6-12(3)4;1-3-4(2)5/h11-14H,5-8H2,1-4H3;3H2,1-2H3. The van der Waals surface area contributed by atoms with Crippen LogP contribution in [0, 0.1) is 34.5 Å². The Morgan fingerprint density at radius 2 is 1.17 bits per heavy atom. The number of hydrogen-bond donors (Lipinski definition) is 0. The summed E-state index contributed by atoms with van der Waals surface area (Å²) in [7, 11) is 0. The molecule has 5 nitrogen and oxygen atoms in total. The molecular formula is C18H32N4O. The average molecular weight is 320 g/mol. The zero-order chi connectivity index (χ0) is 18.3. The molecule has 0 fully saturated rings. The first-order valence-electron chi connectivity index (χ1n) is 8.45. The van der Waals surface area contributed by atoms with Gasteiger partial charge in [-0.1, -0.05) is 34.6 Å². The van der Waals surface area contributed by atoms with Gasteiger partial charge in [-0.2, -0.15) is 20.8 Å². The van der Waals surface area contributed by atoms with E-state index in [9.17, 15) is 4.79 Å². The fraction of sp³-hybridized carbons (Fsp3) is 0.833. The molecule has 0 bridgehead atoms. The molecule has 0 rings (SSSR count). The molecule has 0 aliphatic rings. The van der Waals surface area contributed by atoms with Gasteiger partial charge >= 0.3 is 0 Å². The second-order valence-corrected chi connectivity index (χ2v) is 6.52. The number of rotatable bonds is 9. The molecule has 0 aromatic rings. The molecular weight excluding hydrogens is 288 g/mol. The molecule has 2 atom stereocenters. The number of Topliss-reactive ketones (excluding diaryl/α,β-unsaturated/α-hetero) is 1. The van der Waals surface area contributed by atoms with Crippen LogP contribution in [0.4, 0.5) is 0 Å². The molecule has 0 heterocycles. The van der Waals surface area contributed by atoms with E-state index in [1.54, 1.807) is 6.92 Å². The van der Waals surface area contributed by atoms with Gasteiger partial charge < -0.3 is 4.79 Å². The normalized spacial score (nSPS) is 13.1. The first-order chi connectivity index (χ1) is 10.8. The second kappa shape index (κ2) is 15.2. The van der Waals surface area contributed by atoms with Crippen LogP contribution >= 0.6 is 0 Å². The molecule has 0 aromatic heterocycles. The highest BCUT2D eigenvalue weighted by Gasteiger charge is 2.10. The van der Waals surface area contributed by atoms with Gasteiger partial charge in [-0.15, -0.1) is 0 Å². The molecule has 5 heteroatoms. The number of nitriles is 2. The molecule has 0 spiro atoms. The van der Waals surface area contributed by atoms with Crippen molar-refractivity contribution in [2.45, 2.75) is 85.7 Å². The van der Waals surface area contributed by atoms with E-state index in [4.69, 9.17) is 10.5 Å². The molecule has 0 N–H and O–H groups in total. The van der Waals surface area contributed by atoms with Gasteiger partial charge in [0.25, 0.3) is 0 Å². The molecule has 2 unspecified atom stereocenters. The fourth-order valence-electron chi connectivity index (χ4n) is 1.44. The molecule has 0 aromatic carbocycles. The molecule has 0 amide bonds. The maximum atomic E-state index is 9.81. The van der Waals surface area contributed by atoms with Gasteiger partial charge in [-0.3, -0.25) is 0 Å². The van der Waals surface area contributed by atoms with Crippen LogP contribution in [0.15, 0.2) is 10.2 Å². The Hall–Kier alpha value is -1.75. The molecule has 0 saturated carbocycles. The van der Waals surface area contributed by atoms with Gasteiger partial charge in [0.2, 0.25) is 0 Å². The lowest BCUT2D eigenvalue weighted by atomic mass is 10.0. The van der Waals surface area contributed by atoms with Crippen LogP contribution in [-0.4, -0.2) is 17.9 Å². The van der Waals surface area contributed by atoms with Crippen molar-refractivity contribution in [2.24, 2.45) is 22.1 Å². The largest absolute Gasteiger partial charge is 0.300 e. The van der Waals surface area contributed by atoms with Gasteiger partial charge in [0.05, 0.1) is 12.1 Å². The van der Waals surface area contributed by atoms with Crippen LogP contribution in [0.25, 0.3) is 0 Å². The third-order valence-electron chi connectivity index (χ3n) is 3.18. The highest BCUT2D eigenvalue weighted by Crippen LogP contribution is 2.12. The van der Waals surface area contributed by atoms with E-state index in [1.807, 2.05) is 6.92 Å². The summed E-state index contributed by atoms with van der Waals surface area (Å²) in [6.07, 6.45) is 4.03. The third-order valence-corrected chi connectivity index (χ3v) is 3.18. The first kappa shape index (κ1) is 23.5. The number of carbonyl (C=O) groups excluding carboxylic acids is 1. The second-order valence-electron chi connectivity index (χ2n) is 6.52. The Morgan fingerprint density at radius 3 is 1.35 bits per heavy atom. The Kier molecular flexibility index (Phi) is 15.5. The van der Waals surface area contributed by atoms with E-state index in [1.165, 1.54) is 0 Å². The van der Waals surface area contributed by atoms with Crippen molar-refractivity contribution >= 4 is 5.78 Å². The van der Waals surface area contributed by atoms with Crippen molar-refractivity contribution in [3.63, 3.8) is 0 Å². The molecule has 23 heavy (non-hydrogen) atoms. The predicted molar refractivity (Wildman–Crippen MR) is 92.8 cm³/mol. The lowest BCUT2D eigenvalue weighted by Gasteiger charge is -2.07.